The minimum atomic E-state index is -0.360. The van der Waals surface area contributed by atoms with Crippen LogP contribution >= 0.6 is 0 Å². The molecule has 1 aliphatic rings. The standard InChI is InChI=1S/C22H31N5O5/c1-3-12-32-18-6-4-16(15-19(18)30-2)21-24-22(29)17(25-26-21)5-7-20(28)23-8-9-27-10-13-31-14-11-27/h4,6,15H,3,5,7-14H2,1-2H3,(H,23,28)(H,24,26,29). The summed E-state index contributed by atoms with van der Waals surface area (Å²) >= 11 is 0. The number of H-pyrrole nitrogens is 1. The van der Waals surface area contributed by atoms with Crippen molar-refractivity contribution >= 4 is 5.91 Å². The summed E-state index contributed by atoms with van der Waals surface area (Å²) in [6, 6.07) is 5.31. The number of benzene rings is 1. The highest BCUT2D eigenvalue weighted by molar-refractivity contribution is 5.76. The molecular formula is C22H31N5O5. The summed E-state index contributed by atoms with van der Waals surface area (Å²) in [5.41, 5.74) is 0.524. The van der Waals surface area contributed by atoms with E-state index in [1.165, 1.54) is 0 Å². The lowest BCUT2D eigenvalue weighted by molar-refractivity contribution is -0.121. The van der Waals surface area contributed by atoms with Crippen LogP contribution in [0.4, 0.5) is 0 Å². The zero-order chi connectivity index (χ0) is 22.8. The van der Waals surface area contributed by atoms with Gasteiger partial charge >= 0.3 is 0 Å². The van der Waals surface area contributed by atoms with Crippen LogP contribution in [0.25, 0.3) is 11.4 Å². The summed E-state index contributed by atoms with van der Waals surface area (Å²) in [5, 5.41) is 11.0. The Morgan fingerprint density at radius 2 is 2.06 bits per heavy atom. The molecule has 0 saturated carbocycles. The average molecular weight is 446 g/mol. The van der Waals surface area contributed by atoms with Gasteiger partial charge in [-0.15, -0.1) is 10.2 Å². The van der Waals surface area contributed by atoms with Gasteiger partial charge in [-0.25, -0.2) is 0 Å². The topological polar surface area (TPSA) is 119 Å². The monoisotopic (exact) mass is 445 g/mol. The number of amides is 1. The Morgan fingerprint density at radius 1 is 1.25 bits per heavy atom. The van der Waals surface area contributed by atoms with Crippen LogP contribution in [-0.2, 0) is 16.0 Å². The van der Waals surface area contributed by atoms with E-state index in [9.17, 15) is 9.59 Å². The molecular weight excluding hydrogens is 414 g/mol. The third kappa shape index (κ3) is 6.76. The molecule has 3 rings (SSSR count). The van der Waals surface area contributed by atoms with Gasteiger partial charge in [-0.05, 0) is 24.6 Å². The molecule has 2 N–H and O–H groups in total. The Labute approximate surface area is 187 Å². The summed E-state index contributed by atoms with van der Waals surface area (Å²) in [6.07, 6.45) is 1.29. The van der Waals surface area contributed by atoms with Crippen molar-refractivity contribution in [3.63, 3.8) is 0 Å². The van der Waals surface area contributed by atoms with Crippen LogP contribution in [0, 0.1) is 0 Å². The van der Waals surface area contributed by atoms with E-state index in [1.807, 2.05) is 6.92 Å². The van der Waals surface area contributed by atoms with Crippen molar-refractivity contribution in [3.8, 4) is 22.9 Å². The SMILES string of the molecule is CCCOc1ccc(-c2nnc(CCC(=O)NCCN3CCOCC3)c(=O)[nH]2)cc1OC. The molecule has 10 nitrogen and oxygen atoms in total. The Bertz CT molecular complexity index is 943. The van der Waals surface area contributed by atoms with E-state index < -0.39 is 0 Å². The molecule has 0 radical (unpaired) electrons. The fraction of sp³-hybridized carbons (Fsp3) is 0.545. The maximum atomic E-state index is 12.4. The van der Waals surface area contributed by atoms with Gasteiger partial charge in [-0.3, -0.25) is 14.5 Å². The van der Waals surface area contributed by atoms with Crippen molar-refractivity contribution in [2.75, 3.05) is 53.1 Å². The van der Waals surface area contributed by atoms with E-state index in [1.54, 1.807) is 25.3 Å². The van der Waals surface area contributed by atoms with Crippen molar-refractivity contribution in [3.05, 3.63) is 34.2 Å². The van der Waals surface area contributed by atoms with Crippen LogP contribution in [0.2, 0.25) is 0 Å². The molecule has 10 heteroatoms. The van der Waals surface area contributed by atoms with Crippen LogP contribution in [0.1, 0.15) is 25.5 Å². The van der Waals surface area contributed by atoms with E-state index in [0.717, 1.165) is 39.3 Å². The number of nitrogens with zero attached hydrogens (tertiary/aromatic N) is 3. The van der Waals surface area contributed by atoms with Gasteiger partial charge < -0.3 is 24.5 Å². The fourth-order valence-corrected chi connectivity index (χ4v) is 3.30. The number of aromatic nitrogens is 3. The van der Waals surface area contributed by atoms with Gasteiger partial charge in [0.1, 0.15) is 5.69 Å². The molecule has 0 atom stereocenters. The van der Waals surface area contributed by atoms with Gasteiger partial charge in [0.05, 0.1) is 26.9 Å². The highest BCUT2D eigenvalue weighted by Crippen LogP contribution is 2.31. The van der Waals surface area contributed by atoms with E-state index in [0.29, 0.717) is 36.0 Å². The van der Waals surface area contributed by atoms with Gasteiger partial charge in [0.25, 0.3) is 5.56 Å². The third-order valence-corrected chi connectivity index (χ3v) is 5.11. The van der Waals surface area contributed by atoms with Crippen LogP contribution in [-0.4, -0.2) is 79.1 Å². The molecule has 2 aromatic rings. The number of hydrogen-bond acceptors (Lipinski definition) is 8. The second-order valence-electron chi connectivity index (χ2n) is 7.47. The summed E-state index contributed by atoms with van der Waals surface area (Å²) in [5.74, 6) is 1.39. The van der Waals surface area contributed by atoms with E-state index in [2.05, 4.69) is 25.4 Å². The number of ether oxygens (including phenoxy) is 3. The van der Waals surface area contributed by atoms with Crippen LogP contribution in [0.5, 0.6) is 11.5 Å². The van der Waals surface area contributed by atoms with Crippen molar-refractivity contribution in [2.24, 2.45) is 0 Å². The van der Waals surface area contributed by atoms with Crippen LogP contribution in [0.15, 0.2) is 23.0 Å². The highest BCUT2D eigenvalue weighted by Gasteiger charge is 2.13. The van der Waals surface area contributed by atoms with E-state index in [-0.39, 0.29) is 30.0 Å². The quantitative estimate of drug-likeness (QED) is 0.526. The Balaban J connectivity index is 1.53. The first-order valence-electron chi connectivity index (χ1n) is 10.9. The molecule has 0 spiro atoms. The third-order valence-electron chi connectivity index (χ3n) is 5.11. The average Bonchev–Trinajstić information content (AvgIpc) is 2.82. The normalized spacial score (nSPS) is 14.2. The molecule has 0 bridgehead atoms. The minimum absolute atomic E-state index is 0.115. The number of rotatable bonds is 11. The number of aryl methyl sites for hydroxylation is 1. The largest absolute Gasteiger partial charge is 0.493 e. The van der Waals surface area contributed by atoms with E-state index >= 15 is 0 Å². The summed E-state index contributed by atoms with van der Waals surface area (Å²) < 4.78 is 16.3. The molecule has 1 amide bonds. The number of nitrogens with one attached hydrogen (secondary N) is 2. The number of hydrogen-bond donors (Lipinski definition) is 2. The van der Waals surface area contributed by atoms with Gasteiger partial charge in [0, 0.05) is 44.6 Å². The van der Waals surface area contributed by atoms with Crippen molar-refractivity contribution < 1.29 is 19.0 Å². The predicted octanol–water partition coefficient (Wildman–Crippen LogP) is 1.01. The van der Waals surface area contributed by atoms with Gasteiger partial charge in [0.2, 0.25) is 5.91 Å². The Kier molecular flexibility index (Phi) is 9.00. The summed E-state index contributed by atoms with van der Waals surface area (Å²) in [6.45, 7) is 7.19. The second-order valence-corrected chi connectivity index (χ2v) is 7.47. The summed E-state index contributed by atoms with van der Waals surface area (Å²) in [4.78, 5) is 29.5. The van der Waals surface area contributed by atoms with Crippen molar-refractivity contribution in [2.45, 2.75) is 26.2 Å². The fourth-order valence-electron chi connectivity index (χ4n) is 3.30. The molecule has 0 aliphatic carbocycles. The lowest BCUT2D eigenvalue weighted by atomic mass is 10.2. The maximum Gasteiger partial charge on any atom is 0.273 e. The zero-order valence-electron chi connectivity index (χ0n) is 18.7. The highest BCUT2D eigenvalue weighted by atomic mass is 16.5. The van der Waals surface area contributed by atoms with Crippen molar-refractivity contribution in [1.29, 1.82) is 0 Å². The maximum absolute atomic E-state index is 12.4. The number of morpholine rings is 1. The molecule has 1 aromatic carbocycles. The Hall–Kier alpha value is -2.98. The molecule has 1 aliphatic heterocycles. The molecule has 1 fully saturated rings. The second kappa shape index (κ2) is 12.2. The first-order chi connectivity index (χ1) is 15.6. The number of carbonyl (C=O) groups excluding carboxylic acids is 1. The smallest absolute Gasteiger partial charge is 0.273 e. The van der Waals surface area contributed by atoms with Crippen LogP contribution in [0.3, 0.4) is 0 Å². The molecule has 1 aromatic heterocycles. The predicted molar refractivity (Wildman–Crippen MR) is 119 cm³/mol. The van der Waals surface area contributed by atoms with Crippen LogP contribution < -0.4 is 20.3 Å². The zero-order valence-corrected chi connectivity index (χ0v) is 18.7. The lowest BCUT2D eigenvalue weighted by Gasteiger charge is -2.26. The van der Waals surface area contributed by atoms with Gasteiger partial charge in [-0.1, -0.05) is 6.92 Å². The first kappa shape index (κ1) is 23.7. The first-order valence-corrected chi connectivity index (χ1v) is 10.9. The van der Waals surface area contributed by atoms with E-state index in [4.69, 9.17) is 14.2 Å². The molecule has 32 heavy (non-hydrogen) atoms. The molecule has 1 saturated heterocycles. The van der Waals surface area contributed by atoms with Gasteiger partial charge in [0.15, 0.2) is 17.3 Å². The number of carbonyl (C=O) groups is 1. The summed E-state index contributed by atoms with van der Waals surface area (Å²) in [7, 11) is 1.56. The Morgan fingerprint density at radius 3 is 2.78 bits per heavy atom. The van der Waals surface area contributed by atoms with Gasteiger partial charge in [-0.2, -0.15) is 0 Å². The lowest BCUT2D eigenvalue weighted by Crippen LogP contribution is -2.41. The number of methoxy groups -OCH3 is 1. The molecule has 174 valence electrons. The molecule has 0 unspecified atom stereocenters. The van der Waals surface area contributed by atoms with Crippen molar-refractivity contribution in [1.82, 2.24) is 25.4 Å². The minimum Gasteiger partial charge on any atom is -0.493 e. The number of aromatic amines is 1. The molecule has 2 heterocycles.